The molecule has 1 spiro atoms. The van der Waals surface area contributed by atoms with Crippen LogP contribution in [0.3, 0.4) is 0 Å². The molecular formula is C19H32O4. The summed E-state index contributed by atoms with van der Waals surface area (Å²) in [6.07, 6.45) is 6.05. The number of aliphatic carboxylic acids is 1. The third-order valence-corrected chi connectivity index (χ3v) is 7.18. The van der Waals surface area contributed by atoms with Crippen LogP contribution in [0.1, 0.15) is 66.2 Å². The molecule has 3 fully saturated rings. The van der Waals surface area contributed by atoms with Gasteiger partial charge in [-0.2, -0.15) is 0 Å². The Balaban J connectivity index is 2.07. The maximum absolute atomic E-state index is 12.0. The van der Waals surface area contributed by atoms with Crippen molar-refractivity contribution in [1.29, 1.82) is 0 Å². The molecule has 4 heteroatoms. The van der Waals surface area contributed by atoms with E-state index >= 15 is 0 Å². The average Bonchev–Trinajstić information content (AvgIpc) is 2.90. The van der Waals surface area contributed by atoms with Gasteiger partial charge in [0.15, 0.2) is 5.79 Å². The normalized spacial score (nSPS) is 39.8. The number of hydrogen-bond donors (Lipinski definition) is 1. The van der Waals surface area contributed by atoms with E-state index in [0.717, 1.165) is 19.3 Å². The third kappa shape index (κ3) is 2.53. The van der Waals surface area contributed by atoms with Gasteiger partial charge in [0.2, 0.25) is 0 Å². The lowest BCUT2D eigenvalue weighted by Crippen LogP contribution is -2.62. The molecule has 0 aromatic carbocycles. The van der Waals surface area contributed by atoms with Gasteiger partial charge in [-0.15, -0.1) is 0 Å². The molecule has 4 nitrogen and oxygen atoms in total. The summed E-state index contributed by atoms with van der Waals surface area (Å²) >= 11 is 0. The highest BCUT2D eigenvalue weighted by atomic mass is 16.7. The summed E-state index contributed by atoms with van der Waals surface area (Å²) in [4.78, 5) is 12.0. The molecule has 1 N–H and O–H groups in total. The Morgan fingerprint density at radius 3 is 2.39 bits per heavy atom. The molecule has 1 saturated heterocycles. The second kappa shape index (κ2) is 5.73. The van der Waals surface area contributed by atoms with Crippen molar-refractivity contribution in [3.63, 3.8) is 0 Å². The monoisotopic (exact) mass is 324 g/mol. The lowest BCUT2D eigenvalue weighted by molar-refractivity contribution is -0.284. The molecule has 2 saturated carbocycles. The number of hydrogen-bond acceptors (Lipinski definition) is 3. The summed E-state index contributed by atoms with van der Waals surface area (Å²) in [6, 6.07) is 0. The van der Waals surface area contributed by atoms with E-state index in [-0.39, 0.29) is 16.7 Å². The summed E-state index contributed by atoms with van der Waals surface area (Å²) in [5.74, 6) is -1.27. The predicted octanol–water partition coefficient (Wildman–Crippen LogP) is 4.08. The van der Waals surface area contributed by atoms with Gasteiger partial charge in [-0.05, 0) is 42.4 Å². The van der Waals surface area contributed by atoms with Crippen molar-refractivity contribution < 1.29 is 19.4 Å². The SMILES string of the molecule is CCC(C(=O)O)[C@@H]1C2(CC[C@H]3C(C)(C)CCC[C@]13C)OCCO2. The van der Waals surface area contributed by atoms with E-state index in [1.165, 1.54) is 12.8 Å². The van der Waals surface area contributed by atoms with Gasteiger partial charge in [0.1, 0.15) is 0 Å². The van der Waals surface area contributed by atoms with E-state index in [1.807, 2.05) is 6.92 Å². The molecule has 0 bridgehead atoms. The number of carbonyl (C=O) groups is 1. The number of carboxylic acids is 1. The van der Waals surface area contributed by atoms with E-state index < -0.39 is 17.7 Å². The summed E-state index contributed by atoms with van der Waals surface area (Å²) < 4.78 is 12.2. The van der Waals surface area contributed by atoms with Gasteiger partial charge in [-0.25, -0.2) is 0 Å². The Labute approximate surface area is 139 Å². The van der Waals surface area contributed by atoms with Crippen molar-refractivity contribution in [2.45, 2.75) is 72.0 Å². The van der Waals surface area contributed by atoms with Crippen LogP contribution in [-0.2, 0) is 14.3 Å². The van der Waals surface area contributed by atoms with Crippen LogP contribution in [0, 0.1) is 28.6 Å². The standard InChI is InChI=1S/C19H32O4/c1-5-13(16(20)21)15-18(4)9-6-8-17(2,3)14(18)7-10-19(15)22-11-12-23-19/h13-15H,5-12H2,1-4H3,(H,20,21)/t13?,14-,15-,18-/m0/s1. The second-order valence-electron chi connectivity index (χ2n) is 8.78. The molecule has 3 aliphatic rings. The summed E-state index contributed by atoms with van der Waals surface area (Å²) in [5, 5.41) is 9.89. The number of fused-ring (bicyclic) bond motifs is 1. The lowest BCUT2D eigenvalue weighted by atomic mass is 9.45. The fraction of sp³-hybridized carbons (Fsp3) is 0.947. The number of ether oxygens (including phenoxy) is 2. The molecule has 4 atom stereocenters. The van der Waals surface area contributed by atoms with E-state index in [2.05, 4.69) is 20.8 Å². The van der Waals surface area contributed by atoms with Crippen molar-refractivity contribution in [1.82, 2.24) is 0 Å². The van der Waals surface area contributed by atoms with Crippen LogP contribution in [0.4, 0.5) is 0 Å². The molecule has 0 amide bonds. The molecule has 1 aliphatic heterocycles. The first-order valence-corrected chi connectivity index (χ1v) is 9.27. The maximum Gasteiger partial charge on any atom is 0.306 e. The van der Waals surface area contributed by atoms with Crippen molar-refractivity contribution >= 4 is 5.97 Å². The average molecular weight is 324 g/mol. The fourth-order valence-corrected chi connectivity index (χ4v) is 6.38. The highest BCUT2D eigenvalue weighted by Crippen LogP contribution is 2.65. The van der Waals surface area contributed by atoms with Gasteiger partial charge in [-0.3, -0.25) is 4.79 Å². The van der Waals surface area contributed by atoms with E-state index in [9.17, 15) is 9.90 Å². The van der Waals surface area contributed by atoms with Crippen LogP contribution < -0.4 is 0 Å². The lowest BCUT2D eigenvalue weighted by Gasteiger charge is -2.62. The van der Waals surface area contributed by atoms with Crippen LogP contribution in [0.15, 0.2) is 0 Å². The summed E-state index contributed by atoms with van der Waals surface area (Å²) in [7, 11) is 0. The minimum atomic E-state index is -0.693. The van der Waals surface area contributed by atoms with Crippen LogP contribution >= 0.6 is 0 Å². The van der Waals surface area contributed by atoms with Crippen molar-refractivity contribution in [3.8, 4) is 0 Å². The van der Waals surface area contributed by atoms with Gasteiger partial charge < -0.3 is 14.6 Å². The Hall–Kier alpha value is -0.610. The third-order valence-electron chi connectivity index (χ3n) is 7.18. The molecular weight excluding hydrogens is 292 g/mol. The largest absolute Gasteiger partial charge is 0.481 e. The summed E-state index contributed by atoms with van der Waals surface area (Å²) in [6.45, 7) is 10.2. The van der Waals surface area contributed by atoms with Crippen LogP contribution in [0.25, 0.3) is 0 Å². The van der Waals surface area contributed by atoms with E-state index in [4.69, 9.17) is 9.47 Å². The molecule has 1 heterocycles. The molecule has 132 valence electrons. The predicted molar refractivity (Wildman–Crippen MR) is 88.0 cm³/mol. The molecule has 1 unspecified atom stereocenters. The first kappa shape index (κ1) is 17.2. The van der Waals surface area contributed by atoms with Crippen LogP contribution in [-0.4, -0.2) is 30.1 Å². The minimum Gasteiger partial charge on any atom is -0.481 e. The Kier molecular flexibility index (Phi) is 4.29. The van der Waals surface area contributed by atoms with Crippen LogP contribution in [0.5, 0.6) is 0 Å². The maximum atomic E-state index is 12.0. The number of rotatable bonds is 3. The van der Waals surface area contributed by atoms with Gasteiger partial charge in [0, 0.05) is 12.3 Å². The summed E-state index contributed by atoms with van der Waals surface area (Å²) in [5.41, 5.74) is 0.242. The van der Waals surface area contributed by atoms with Gasteiger partial charge >= 0.3 is 5.97 Å². The quantitative estimate of drug-likeness (QED) is 0.850. The second-order valence-corrected chi connectivity index (χ2v) is 8.78. The van der Waals surface area contributed by atoms with Crippen LogP contribution in [0.2, 0.25) is 0 Å². The van der Waals surface area contributed by atoms with Gasteiger partial charge in [0.05, 0.1) is 19.1 Å². The van der Waals surface area contributed by atoms with Gasteiger partial charge in [0.25, 0.3) is 0 Å². The van der Waals surface area contributed by atoms with Crippen molar-refractivity contribution in [2.24, 2.45) is 28.6 Å². The smallest absolute Gasteiger partial charge is 0.306 e. The molecule has 0 aromatic rings. The first-order valence-electron chi connectivity index (χ1n) is 9.27. The zero-order valence-corrected chi connectivity index (χ0v) is 15.1. The molecule has 3 rings (SSSR count). The highest BCUT2D eigenvalue weighted by Gasteiger charge is 2.64. The van der Waals surface area contributed by atoms with Crippen molar-refractivity contribution in [2.75, 3.05) is 13.2 Å². The Bertz CT molecular complexity index is 466. The Morgan fingerprint density at radius 2 is 1.83 bits per heavy atom. The highest BCUT2D eigenvalue weighted by molar-refractivity contribution is 5.70. The van der Waals surface area contributed by atoms with E-state index in [1.54, 1.807) is 0 Å². The molecule has 2 aliphatic carbocycles. The van der Waals surface area contributed by atoms with Gasteiger partial charge in [-0.1, -0.05) is 34.1 Å². The number of carboxylic acid groups (broad SMARTS) is 1. The molecule has 23 heavy (non-hydrogen) atoms. The minimum absolute atomic E-state index is 0.0244. The molecule has 0 aromatic heterocycles. The molecule has 0 radical (unpaired) electrons. The fourth-order valence-electron chi connectivity index (χ4n) is 6.38. The van der Waals surface area contributed by atoms with Crippen molar-refractivity contribution in [3.05, 3.63) is 0 Å². The topological polar surface area (TPSA) is 55.8 Å². The van der Waals surface area contributed by atoms with E-state index in [0.29, 0.717) is 25.6 Å². The first-order chi connectivity index (χ1) is 10.8. The zero-order chi connectivity index (χ0) is 16.9. The Morgan fingerprint density at radius 1 is 1.17 bits per heavy atom. The zero-order valence-electron chi connectivity index (χ0n) is 15.1.